The third-order valence-corrected chi connectivity index (χ3v) is 4.26. The Balaban J connectivity index is 1.84. The van der Waals surface area contributed by atoms with Crippen molar-refractivity contribution >= 4 is 5.91 Å². The lowest BCUT2D eigenvalue weighted by Gasteiger charge is -2.35. The van der Waals surface area contributed by atoms with E-state index < -0.39 is 0 Å². The van der Waals surface area contributed by atoms with Crippen LogP contribution < -0.4 is 10.6 Å². The summed E-state index contributed by atoms with van der Waals surface area (Å²) in [7, 11) is 0. The quantitative estimate of drug-likeness (QED) is 0.771. The van der Waals surface area contributed by atoms with Gasteiger partial charge in [0.05, 0.1) is 5.54 Å². The monoisotopic (exact) mass is 238 g/mol. The van der Waals surface area contributed by atoms with Gasteiger partial charge in [0.2, 0.25) is 5.91 Å². The van der Waals surface area contributed by atoms with E-state index in [1.54, 1.807) is 0 Å². The summed E-state index contributed by atoms with van der Waals surface area (Å²) in [5.74, 6) is 1.09. The molecule has 3 nitrogen and oxygen atoms in total. The van der Waals surface area contributed by atoms with Gasteiger partial charge in [-0.15, -0.1) is 0 Å². The molecule has 0 aromatic heterocycles. The van der Waals surface area contributed by atoms with Crippen LogP contribution in [0.2, 0.25) is 0 Å². The Morgan fingerprint density at radius 3 is 2.76 bits per heavy atom. The fourth-order valence-electron chi connectivity index (χ4n) is 2.68. The highest BCUT2D eigenvalue weighted by molar-refractivity contribution is 5.86. The fourth-order valence-corrected chi connectivity index (χ4v) is 2.68. The summed E-state index contributed by atoms with van der Waals surface area (Å²) < 4.78 is 0. The van der Waals surface area contributed by atoms with Crippen LogP contribution in [0.25, 0.3) is 0 Å². The van der Waals surface area contributed by atoms with E-state index in [0.29, 0.717) is 6.04 Å². The molecule has 3 heteroatoms. The first-order valence-corrected chi connectivity index (χ1v) is 7.20. The van der Waals surface area contributed by atoms with E-state index in [0.717, 1.165) is 31.7 Å². The van der Waals surface area contributed by atoms with Crippen LogP contribution in [0.15, 0.2) is 0 Å². The average Bonchev–Trinajstić information content (AvgIpc) is 3.13. The lowest BCUT2D eigenvalue weighted by atomic mass is 9.89. The second-order valence-corrected chi connectivity index (χ2v) is 5.97. The highest BCUT2D eigenvalue weighted by Crippen LogP contribution is 2.34. The Labute approximate surface area is 105 Å². The van der Waals surface area contributed by atoms with Crippen molar-refractivity contribution in [2.75, 3.05) is 6.54 Å². The van der Waals surface area contributed by atoms with Crippen molar-refractivity contribution in [1.82, 2.24) is 10.6 Å². The molecule has 0 bridgehead atoms. The van der Waals surface area contributed by atoms with Crippen LogP contribution in [0.3, 0.4) is 0 Å². The Kier molecular flexibility index (Phi) is 4.08. The summed E-state index contributed by atoms with van der Waals surface area (Å²) in [6.45, 7) is 5.19. The third kappa shape index (κ3) is 3.44. The van der Waals surface area contributed by atoms with Crippen LogP contribution in [0.4, 0.5) is 0 Å². The van der Waals surface area contributed by atoms with Crippen molar-refractivity contribution in [2.24, 2.45) is 5.92 Å². The van der Waals surface area contributed by atoms with Gasteiger partial charge in [0.15, 0.2) is 0 Å². The number of rotatable bonds is 5. The summed E-state index contributed by atoms with van der Waals surface area (Å²) in [5.41, 5.74) is -0.324. The van der Waals surface area contributed by atoms with Crippen LogP contribution in [0, 0.1) is 5.92 Å². The zero-order valence-electron chi connectivity index (χ0n) is 11.2. The number of hydrogen-bond donors (Lipinski definition) is 2. The van der Waals surface area contributed by atoms with Gasteiger partial charge in [0.1, 0.15) is 0 Å². The summed E-state index contributed by atoms with van der Waals surface area (Å²) >= 11 is 0. The molecule has 1 aliphatic heterocycles. The Hall–Kier alpha value is -0.570. The number of piperidine rings is 1. The Morgan fingerprint density at radius 1 is 1.47 bits per heavy atom. The van der Waals surface area contributed by atoms with Crippen LogP contribution in [0.5, 0.6) is 0 Å². The average molecular weight is 238 g/mol. The van der Waals surface area contributed by atoms with Crippen LogP contribution in [-0.4, -0.2) is 24.0 Å². The molecule has 2 unspecified atom stereocenters. The molecule has 1 amide bonds. The minimum Gasteiger partial charge on any atom is -0.352 e. The van der Waals surface area contributed by atoms with E-state index in [2.05, 4.69) is 17.6 Å². The second kappa shape index (κ2) is 5.38. The van der Waals surface area contributed by atoms with E-state index in [4.69, 9.17) is 0 Å². The molecule has 17 heavy (non-hydrogen) atoms. The lowest BCUT2D eigenvalue weighted by Crippen LogP contribution is -2.58. The lowest BCUT2D eigenvalue weighted by molar-refractivity contribution is -0.128. The van der Waals surface area contributed by atoms with E-state index in [1.807, 2.05) is 6.92 Å². The van der Waals surface area contributed by atoms with Crippen LogP contribution in [0.1, 0.15) is 58.8 Å². The Morgan fingerprint density at radius 2 is 2.24 bits per heavy atom. The predicted octanol–water partition coefficient (Wildman–Crippen LogP) is 2.21. The van der Waals surface area contributed by atoms with Crippen molar-refractivity contribution in [3.05, 3.63) is 0 Å². The van der Waals surface area contributed by atoms with Crippen LogP contribution >= 0.6 is 0 Å². The number of amides is 1. The van der Waals surface area contributed by atoms with Gasteiger partial charge in [-0.3, -0.25) is 4.79 Å². The summed E-state index contributed by atoms with van der Waals surface area (Å²) in [5, 5.41) is 6.63. The molecule has 2 rings (SSSR count). The molecule has 1 heterocycles. The van der Waals surface area contributed by atoms with Gasteiger partial charge in [0, 0.05) is 6.04 Å². The summed E-state index contributed by atoms with van der Waals surface area (Å²) in [6, 6.07) is 0.385. The number of nitrogens with one attached hydrogen (secondary N) is 2. The van der Waals surface area contributed by atoms with Gasteiger partial charge in [-0.2, -0.15) is 0 Å². The zero-order chi connectivity index (χ0) is 12.3. The zero-order valence-corrected chi connectivity index (χ0v) is 11.2. The molecular weight excluding hydrogens is 212 g/mol. The molecule has 2 fully saturated rings. The smallest absolute Gasteiger partial charge is 0.240 e. The molecule has 1 saturated carbocycles. The van der Waals surface area contributed by atoms with E-state index in [-0.39, 0.29) is 11.4 Å². The molecule has 1 aliphatic carbocycles. The molecule has 1 saturated heterocycles. The summed E-state index contributed by atoms with van der Waals surface area (Å²) in [4.78, 5) is 12.3. The van der Waals surface area contributed by atoms with E-state index in [9.17, 15) is 4.79 Å². The van der Waals surface area contributed by atoms with Crippen molar-refractivity contribution in [3.63, 3.8) is 0 Å². The van der Waals surface area contributed by atoms with Crippen molar-refractivity contribution < 1.29 is 4.79 Å². The SMILES string of the molecule is CCC(CC1CC1)NC(=O)C1(C)CCCCN1. The van der Waals surface area contributed by atoms with Crippen molar-refractivity contribution in [2.45, 2.75) is 70.4 Å². The highest BCUT2D eigenvalue weighted by Gasteiger charge is 2.35. The van der Waals surface area contributed by atoms with E-state index in [1.165, 1.54) is 25.7 Å². The topological polar surface area (TPSA) is 41.1 Å². The number of carbonyl (C=O) groups excluding carboxylic acids is 1. The summed E-state index contributed by atoms with van der Waals surface area (Å²) in [6.07, 6.45) is 8.29. The first-order chi connectivity index (χ1) is 8.14. The second-order valence-electron chi connectivity index (χ2n) is 5.97. The normalized spacial score (nSPS) is 30.9. The minimum atomic E-state index is -0.324. The molecule has 2 N–H and O–H groups in total. The number of carbonyl (C=O) groups is 1. The van der Waals surface area contributed by atoms with Gasteiger partial charge in [-0.05, 0) is 51.5 Å². The molecule has 2 aliphatic rings. The molecular formula is C14H26N2O. The van der Waals surface area contributed by atoms with Gasteiger partial charge in [0.25, 0.3) is 0 Å². The standard InChI is InChI=1S/C14H26N2O/c1-3-12(10-11-6-7-11)16-13(17)14(2)8-4-5-9-15-14/h11-12,15H,3-10H2,1-2H3,(H,16,17). The maximum absolute atomic E-state index is 12.3. The van der Waals surface area contributed by atoms with Gasteiger partial charge in [-0.1, -0.05) is 19.8 Å². The first kappa shape index (κ1) is 12.9. The fraction of sp³-hybridized carbons (Fsp3) is 0.929. The van der Waals surface area contributed by atoms with Crippen LogP contribution in [-0.2, 0) is 4.79 Å². The molecule has 0 spiro atoms. The van der Waals surface area contributed by atoms with Crippen molar-refractivity contribution in [3.8, 4) is 0 Å². The molecule has 2 atom stereocenters. The Bertz CT molecular complexity index is 267. The molecule has 0 radical (unpaired) electrons. The molecule has 0 aromatic rings. The maximum atomic E-state index is 12.3. The third-order valence-electron chi connectivity index (χ3n) is 4.26. The first-order valence-electron chi connectivity index (χ1n) is 7.20. The maximum Gasteiger partial charge on any atom is 0.240 e. The predicted molar refractivity (Wildman–Crippen MR) is 69.8 cm³/mol. The largest absolute Gasteiger partial charge is 0.352 e. The van der Waals surface area contributed by atoms with E-state index >= 15 is 0 Å². The molecule has 0 aromatic carbocycles. The van der Waals surface area contributed by atoms with Gasteiger partial charge in [-0.25, -0.2) is 0 Å². The van der Waals surface area contributed by atoms with Gasteiger partial charge >= 0.3 is 0 Å². The highest BCUT2D eigenvalue weighted by atomic mass is 16.2. The van der Waals surface area contributed by atoms with Crippen molar-refractivity contribution in [1.29, 1.82) is 0 Å². The van der Waals surface area contributed by atoms with Gasteiger partial charge < -0.3 is 10.6 Å². The minimum absolute atomic E-state index is 0.213. The molecule has 98 valence electrons. The number of hydrogen-bond acceptors (Lipinski definition) is 2.